The van der Waals surface area contributed by atoms with Crippen LogP contribution in [0.25, 0.3) is 0 Å². The number of nitrogens with zero attached hydrogens (tertiary/aromatic N) is 1. The molecule has 1 heterocycles. The molecule has 0 unspecified atom stereocenters. The third-order valence-electron chi connectivity index (χ3n) is 2.73. The van der Waals surface area contributed by atoms with Crippen molar-refractivity contribution in [2.75, 3.05) is 20.6 Å². The Balaban J connectivity index is 3.36. The standard InChI is InChI=1S/C11H16N2O6S/c1-6-9(11(15)16)10(7(2)19-6)20(17,18)13(4)5-8(14)12-3/h5H2,1-4H3,(H,12,14)(H,15,16). The number of sulfonamides is 1. The van der Waals surface area contributed by atoms with Gasteiger partial charge in [-0.2, -0.15) is 4.31 Å². The van der Waals surface area contributed by atoms with Gasteiger partial charge in [-0.15, -0.1) is 0 Å². The maximum Gasteiger partial charge on any atom is 0.340 e. The molecule has 1 amide bonds. The first-order chi connectivity index (χ1) is 9.12. The van der Waals surface area contributed by atoms with E-state index < -0.39 is 38.9 Å². The van der Waals surface area contributed by atoms with E-state index in [2.05, 4.69) is 5.32 Å². The summed E-state index contributed by atoms with van der Waals surface area (Å²) < 4.78 is 30.6. The van der Waals surface area contributed by atoms with Crippen LogP contribution in [0.2, 0.25) is 0 Å². The topological polar surface area (TPSA) is 117 Å². The van der Waals surface area contributed by atoms with E-state index in [1.54, 1.807) is 0 Å². The van der Waals surface area contributed by atoms with Crippen molar-refractivity contribution in [3.63, 3.8) is 0 Å². The van der Waals surface area contributed by atoms with Gasteiger partial charge in [0.15, 0.2) is 0 Å². The van der Waals surface area contributed by atoms with E-state index in [9.17, 15) is 18.0 Å². The molecule has 0 bridgehead atoms. The predicted octanol–water partition coefficient (Wildman–Crippen LogP) is -0.0389. The zero-order chi connectivity index (χ0) is 15.7. The Bertz CT molecular complexity index is 646. The van der Waals surface area contributed by atoms with E-state index in [1.165, 1.54) is 27.9 Å². The minimum absolute atomic E-state index is 0.00178. The second-order valence-corrected chi connectivity index (χ2v) is 6.14. The number of amides is 1. The molecule has 2 N–H and O–H groups in total. The van der Waals surface area contributed by atoms with E-state index in [0.29, 0.717) is 0 Å². The van der Waals surface area contributed by atoms with Gasteiger partial charge in [0.1, 0.15) is 22.0 Å². The highest BCUT2D eigenvalue weighted by Gasteiger charge is 2.34. The zero-order valence-electron chi connectivity index (χ0n) is 11.6. The quantitative estimate of drug-likeness (QED) is 0.788. The summed E-state index contributed by atoms with van der Waals surface area (Å²) in [5.41, 5.74) is -0.411. The van der Waals surface area contributed by atoms with Crippen molar-refractivity contribution >= 4 is 21.9 Å². The highest BCUT2D eigenvalue weighted by molar-refractivity contribution is 7.89. The van der Waals surface area contributed by atoms with Gasteiger partial charge >= 0.3 is 5.97 Å². The van der Waals surface area contributed by atoms with E-state index in [0.717, 1.165) is 4.31 Å². The van der Waals surface area contributed by atoms with Crippen LogP contribution in [0.5, 0.6) is 0 Å². The highest BCUT2D eigenvalue weighted by Crippen LogP contribution is 2.28. The van der Waals surface area contributed by atoms with Gasteiger partial charge in [0.05, 0.1) is 6.54 Å². The van der Waals surface area contributed by atoms with Gasteiger partial charge < -0.3 is 14.8 Å². The fourth-order valence-corrected chi connectivity index (χ4v) is 3.24. The summed E-state index contributed by atoms with van der Waals surface area (Å²) in [5.74, 6) is -1.93. The van der Waals surface area contributed by atoms with Crippen LogP contribution in [-0.2, 0) is 14.8 Å². The van der Waals surface area contributed by atoms with E-state index in [4.69, 9.17) is 9.52 Å². The summed E-state index contributed by atoms with van der Waals surface area (Å²) in [6.07, 6.45) is 0. The number of furan rings is 1. The largest absolute Gasteiger partial charge is 0.478 e. The van der Waals surface area contributed by atoms with Crippen LogP contribution in [0.4, 0.5) is 0 Å². The van der Waals surface area contributed by atoms with Gasteiger partial charge in [-0.25, -0.2) is 13.2 Å². The fraction of sp³-hybridized carbons (Fsp3) is 0.455. The van der Waals surface area contributed by atoms with Gasteiger partial charge in [0.2, 0.25) is 15.9 Å². The van der Waals surface area contributed by atoms with Crippen LogP contribution >= 0.6 is 0 Å². The van der Waals surface area contributed by atoms with Crippen molar-refractivity contribution in [3.8, 4) is 0 Å². The van der Waals surface area contributed by atoms with Crippen LogP contribution in [0.3, 0.4) is 0 Å². The second kappa shape index (κ2) is 5.63. The Morgan fingerprint density at radius 2 is 1.85 bits per heavy atom. The maximum atomic E-state index is 12.4. The molecule has 0 aliphatic carbocycles. The second-order valence-electron chi connectivity index (χ2n) is 4.16. The summed E-state index contributed by atoms with van der Waals surface area (Å²) in [6.45, 7) is 2.32. The number of hydrogen-bond acceptors (Lipinski definition) is 5. The Morgan fingerprint density at radius 3 is 2.30 bits per heavy atom. The van der Waals surface area contributed by atoms with E-state index in [1.807, 2.05) is 0 Å². The zero-order valence-corrected chi connectivity index (χ0v) is 12.4. The first-order valence-corrected chi connectivity index (χ1v) is 7.07. The Hall–Kier alpha value is -1.87. The van der Waals surface area contributed by atoms with Crippen LogP contribution in [0, 0.1) is 13.8 Å². The summed E-state index contributed by atoms with van der Waals surface area (Å²) in [6, 6.07) is 0. The van der Waals surface area contributed by atoms with Crippen LogP contribution in [-0.4, -0.2) is 50.3 Å². The summed E-state index contributed by atoms with van der Waals surface area (Å²) >= 11 is 0. The van der Waals surface area contributed by atoms with Gasteiger partial charge in [0.25, 0.3) is 0 Å². The lowest BCUT2D eigenvalue weighted by Crippen LogP contribution is -2.37. The Labute approximate surface area is 116 Å². The molecule has 0 fully saturated rings. The minimum Gasteiger partial charge on any atom is -0.478 e. The number of carboxylic acid groups (broad SMARTS) is 1. The van der Waals surface area contributed by atoms with Crippen molar-refractivity contribution in [2.24, 2.45) is 0 Å². The smallest absolute Gasteiger partial charge is 0.340 e. The molecule has 0 saturated heterocycles. The average Bonchev–Trinajstić information content (AvgIpc) is 2.64. The number of aromatic carboxylic acids is 1. The first kappa shape index (κ1) is 16.2. The number of nitrogens with one attached hydrogen (secondary N) is 1. The molecule has 0 spiro atoms. The Kier molecular flexibility index (Phi) is 4.56. The summed E-state index contributed by atoms with van der Waals surface area (Å²) in [7, 11) is -1.57. The first-order valence-electron chi connectivity index (χ1n) is 5.63. The number of aryl methyl sites for hydroxylation is 2. The number of hydrogen-bond donors (Lipinski definition) is 2. The van der Waals surface area contributed by atoms with E-state index >= 15 is 0 Å². The lowest BCUT2D eigenvalue weighted by atomic mass is 10.2. The molecule has 1 aromatic rings. The molecule has 0 aliphatic heterocycles. The third kappa shape index (κ3) is 2.83. The number of carbonyl (C=O) groups excluding carboxylic acids is 1. The SMILES string of the molecule is CNC(=O)CN(C)S(=O)(=O)c1c(C)oc(C)c1C(=O)O. The van der Waals surface area contributed by atoms with Crippen molar-refractivity contribution in [2.45, 2.75) is 18.7 Å². The van der Waals surface area contributed by atoms with Gasteiger partial charge in [0, 0.05) is 14.1 Å². The Morgan fingerprint density at radius 1 is 1.30 bits per heavy atom. The van der Waals surface area contributed by atoms with Crippen LogP contribution < -0.4 is 5.32 Å². The van der Waals surface area contributed by atoms with Crippen LogP contribution in [0.1, 0.15) is 21.9 Å². The minimum atomic E-state index is -4.13. The number of carboxylic acids is 1. The van der Waals surface area contributed by atoms with Crippen molar-refractivity contribution < 1.29 is 27.5 Å². The fourth-order valence-electron chi connectivity index (χ4n) is 1.74. The van der Waals surface area contributed by atoms with Crippen molar-refractivity contribution in [1.29, 1.82) is 0 Å². The monoisotopic (exact) mass is 304 g/mol. The molecule has 9 heteroatoms. The predicted molar refractivity (Wildman–Crippen MR) is 69.0 cm³/mol. The molecule has 112 valence electrons. The molecular weight excluding hydrogens is 288 g/mol. The molecule has 1 rings (SSSR count). The number of likely N-dealkylation sites (N-methyl/N-ethyl adjacent to an activating group) is 2. The number of rotatable bonds is 5. The molecule has 0 atom stereocenters. The summed E-state index contributed by atoms with van der Waals surface area (Å²) in [4.78, 5) is 22.0. The molecular formula is C11H16N2O6S. The molecule has 0 radical (unpaired) electrons. The van der Waals surface area contributed by atoms with Crippen molar-refractivity contribution in [3.05, 3.63) is 17.1 Å². The molecule has 20 heavy (non-hydrogen) atoms. The normalized spacial score (nSPS) is 11.7. The summed E-state index contributed by atoms with van der Waals surface area (Å²) in [5, 5.41) is 11.4. The molecule has 8 nitrogen and oxygen atoms in total. The molecule has 0 saturated carbocycles. The third-order valence-corrected chi connectivity index (χ3v) is 4.69. The van der Waals surface area contributed by atoms with E-state index in [-0.39, 0.29) is 11.5 Å². The lowest BCUT2D eigenvalue weighted by Gasteiger charge is -2.16. The van der Waals surface area contributed by atoms with Crippen molar-refractivity contribution in [1.82, 2.24) is 9.62 Å². The maximum absolute atomic E-state index is 12.4. The van der Waals surface area contributed by atoms with Gasteiger partial charge in [-0.1, -0.05) is 0 Å². The lowest BCUT2D eigenvalue weighted by molar-refractivity contribution is -0.120. The van der Waals surface area contributed by atoms with Crippen LogP contribution in [0.15, 0.2) is 9.31 Å². The molecule has 0 aromatic carbocycles. The highest BCUT2D eigenvalue weighted by atomic mass is 32.2. The van der Waals surface area contributed by atoms with Gasteiger partial charge in [-0.3, -0.25) is 4.79 Å². The molecule has 1 aromatic heterocycles. The number of carbonyl (C=O) groups is 2. The van der Waals surface area contributed by atoms with Gasteiger partial charge in [-0.05, 0) is 13.8 Å². The average molecular weight is 304 g/mol. The molecule has 0 aliphatic rings.